The highest BCUT2D eigenvalue weighted by Crippen LogP contribution is 2.23. The molecule has 4 aromatic rings. The van der Waals surface area contributed by atoms with Gasteiger partial charge in [0.05, 0.1) is 13.2 Å². The van der Waals surface area contributed by atoms with Gasteiger partial charge >= 0.3 is 0 Å². The maximum atomic E-state index is 5.86. The van der Waals surface area contributed by atoms with Crippen molar-refractivity contribution in [1.29, 1.82) is 0 Å². The van der Waals surface area contributed by atoms with Crippen molar-refractivity contribution in [3.8, 4) is 17.4 Å². The van der Waals surface area contributed by atoms with Gasteiger partial charge in [-0.1, -0.05) is 6.07 Å². The van der Waals surface area contributed by atoms with Crippen LogP contribution in [-0.4, -0.2) is 39.2 Å². The monoisotopic (exact) mass is 431 g/mol. The summed E-state index contributed by atoms with van der Waals surface area (Å²) in [7, 11) is 1.73. The van der Waals surface area contributed by atoms with E-state index in [2.05, 4.69) is 30.8 Å². The fourth-order valence-corrected chi connectivity index (χ4v) is 3.09. The highest BCUT2D eigenvalue weighted by Gasteiger charge is 2.07. The first kappa shape index (κ1) is 21.1. The van der Waals surface area contributed by atoms with E-state index in [4.69, 9.17) is 9.47 Å². The lowest BCUT2D eigenvalue weighted by Crippen LogP contribution is -2.36. The molecule has 3 heterocycles. The number of pyridine rings is 2. The van der Waals surface area contributed by atoms with Gasteiger partial charge in [-0.15, -0.1) is 10.2 Å². The topological polar surface area (TPSA) is 98.0 Å². The van der Waals surface area contributed by atoms with Crippen molar-refractivity contribution in [3.05, 3.63) is 78.4 Å². The van der Waals surface area contributed by atoms with Crippen LogP contribution in [0, 0.1) is 0 Å². The van der Waals surface area contributed by atoms with Gasteiger partial charge in [0.25, 0.3) is 0 Å². The molecular formula is C23H25N7O2. The second-order valence-electron chi connectivity index (χ2n) is 6.83. The van der Waals surface area contributed by atoms with Crippen LogP contribution in [-0.2, 0) is 13.1 Å². The Labute approximate surface area is 186 Å². The molecule has 0 aliphatic carbocycles. The van der Waals surface area contributed by atoms with Crippen LogP contribution in [0.3, 0.4) is 0 Å². The quantitative estimate of drug-likeness (QED) is 0.327. The number of benzene rings is 1. The number of nitrogens with one attached hydrogen (secondary N) is 2. The molecule has 0 atom stereocenters. The molecule has 3 aromatic heterocycles. The van der Waals surface area contributed by atoms with E-state index in [1.54, 1.807) is 13.2 Å². The Morgan fingerprint density at radius 2 is 1.81 bits per heavy atom. The molecule has 9 heteroatoms. The maximum Gasteiger partial charge on any atom is 0.219 e. The van der Waals surface area contributed by atoms with Gasteiger partial charge in [-0.25, -0.2) is 4.98 Å². The molecule has 0 unspecified atom stereocenters. The number of ether oxygens (including phenoxy) is 2. The van der Waals surface area contributed by atoms with E-state index in [1.165, 1.54) is 0 Å². The first-order valence-electron chi connectivity index (χ1n) is 10.3. The maximum absolute atomic E-state index is 5.86. The fourth-order valence-electron chi connectivity index (χ4n) is 3.09. The second kappa shape index (κ2) is 10.3. The molecule has 0 aliphatic heterocycles. The number of hydrogen-bond donors (Lipinski definition) is 2. The van der Waals surface area contributed by atoms with Crippen LogP contribution >= 0.6 is 0 Å². The van der Waals surface area contributed by atoms with Crippen molar-refractivity contribution in [2.75, 3.05) is 13.7 Å². The van der Waals surface area contributed by atoms with Crippen LogP contribution < -0.4 is 20.1 Å². The highest BCUT2D eigenvalue weighted by atomic mass is 16.5. The fraction of sp³-hybridized carbons (Fsp3) is 0.217. The van der Waals surface area contributed by atoms with Gasteiger partial charge in [-0.2, -0.15) is 0 Å². The van der Waals surface area contributed by atoms with Gasteiger partial charge in [-0.3, -0.25) is 9.39 Å². The van der Waals surface area contributed by atoms with E-state index in [1.807, 2.05) is 72.1 Å². The lowest BCUT2D eigenvalue weighted by molar-refractivity contribution is 0.339. The van der Waals surface area contributed by atoms with Crippen molar-refractivity contribution in [3.63, 3.8) is 0 Å². The number of aromatic nitrogens is 4. The second-order valence-corrected chi connectivity index (χ2v) is 6.83. The Kier molecular flexibility index (Phi) is 6.76. The molecule has 0 amide bonds. The van der Waals surface area contributed by atoms with Gasteiger partial charge in [0.2, 0.25) is 5.88 Å². The van der Waals surface area contributed by atoms with Crippen LogP contribution in [0.5, 0.6) is 17.4 Å². The Balaban J connectivity index is 1.32. The zero-order valence-corrected chi connectivity index (χ0v) is 18.0. The molecule has 4 rings (SSSR count). The van der Waals surface area contributed by atoms with Crippen LogP contribution in [0.1, 0.15) is 18.3 Å². The van der Waals surface area contributed by atoms with Gasteiger partial charge < -0.3 is 20.1 Å². The number of guanidine groups is 1. The van der Waals surface area contributed by atoms with Gasteiger partial charge in [0.15, 0.2) is 17.4 Å². The van der Waals surface area contributed by atoms with Crippen molar-refractivity contribution >= 4 is 11.6 Å². The Bertz CT molecular complexity index is 1190. The van der Waals surface area contributed by atoms with Crippen molar-refractivity contribution in [2.45, 2.75) is 20.0 Å². The zero-order chi connectivity index (χ0) is 22.2. The molecule has 0 saturated heterocycles. The molecule has 1 aromatic carbocycles. The smallest absolute Gasteiger partial charge is 0.219 e. The lowest BCUT2D eigenvalue weighted by atomic mass is 10.2. The minimum atomic E-state index is 0.493. The summed E-state index contributed by atoms with van der Waals surface area (Å²) in [5, 5.41) is 14.9. The lowest BCUT2D eigenvalue weighted by Gasteiger charge is -2.12. The third kappa shape index (κ3) is 5.31. The zero-order valence-electron chi connectivity index (χ0n) is 18.0. The molecule has 0 radical (unpaired) electrons. The molecule has 9 nitrogen and oxygen atoms in total. The number of rotatable bonds is 8. The molecule has 2 N–H and O–H groups in total. The van der Waals surface area contributed by atoms with Gasteiger partial charge in [0, 0.05) is 32.1 Å². The molecular weight excluding hydrogens is 406 g/mol. The Morgan fingerprint density at radius 1 is 1.00 bits per heavy atom. The molecule has 0 saturated carbocycles. The van der Waals surface area contributed by atoms with Crippen LogP contribution in [0.25, 0.3) is 5.65 Å². The van der Waals surface area contributed by atoms with E-state index in [-0.39, 0.29) is 0 Å². The predicted molar refractivity (Wildman–Crippen MR) is 122 cm³/mol. The summed E-state index contributed by atoms with van der Waals surface area (Å²) in [6, 6.07) is 17.1. The molecule has 164 valence electrons. The minimum Gasteiger partial charge on any atom is -0.494 e. The minimum absolute atomic E-state index is 0.493. The van der Waals surface area contributed by atoms with Gasteiger partial charge in [-0.05, 0) is 55.0 Å². The summed E-state index contributed by atoms with van der Waals surface area (Å²) >= 11 is 0. The average Bonchev–Trinajstić information content (AvgIpc) is 3.24. The number of hydrogen-bond acceptors (Lipinski definition) is 6. The Morgan fingerprint density at radius 3 is 2.62 bits per heavy atom. The van der Waals surface area contributed by atoms with Gasteiger partial charge in [0.1, 0.15) is 11.5 Å². The van der Waals surface area contributed by atoms with E-state index < -0.39 is 0 Å². The van der Waals surface area contributed by atoms with E-state index in [9.17, 15) is 0 Å². The number of fused-ring (bicyclic) bond motifs is 1. The molecule has 0 fully saturated rings. The summed E-state index contributed by atoms with van der Waals surface area (Å²) in [5.74, 6) is 3.49. The molecule has 0 aliphatic rings. The standard InChI is InChI=1S/C23H25N7O2/c1-3-31-18-7-9-19(10-8-18)32-22-14-17(11-12-25-22)15-26-23(24-2)27-16-21-29-28-20-6-4-5-13-30(20)21/h4-14H,3,15-16H2,1-2H3,(H2,24,26,27). The highest BCUT2D eigenvalue weighted by molar-refractivity contribution is 5.79. The predicted octanol–water partition coefficient (Wildman–Crippen LogP) is 3.18. The summed E-state index contributed by atoms with van der Waals surface area (Å²) in [6.45, 7) is 3.63. The SMILES string of the molecule is CCOc1ccc(Oc2cc(CNC(=NC)NCc3nnc4ccccn34)ccn2)cc1. The third-order valence-corrected chi connectivity index (χ3v) is 4.64. The van der Waals surface area contributed by atoms with Crippen molar-refractivity contribution < 1.29 is 9.47 Å². The normalized spacial score (nSPS) is 11.4. The third-order valence-electron chi connectivity index (χ3n) is 4.64. The van der Waals surface area contributed by atoms with E-state index in [0.717, 1.165) is 22.8 Å². The number of aliphatic imine (C=N–C) groups is 1. The molecule has 32 heavy (non-hydrogen) atoms. The first-order chi connectivity index (χ1) is 15.7. The summed E-state index contributed by atoms with van der Waals surface area (Å²) < 4.78 is 13.3. The van der Waals surface area contributed by atoms with Crippen LogP contribution in [0.2, 0.25) is 0 Å². The van der Waals surface area contributed by atoms with E-state index >= 15 is 0 Å². The first-order valence-corrected chi connectivity index (χ1v) is 10.3. The van der Waals surface area contributed by atoms with Crippen LogP contribution in [0.4, 0.5) is 0 Å². The molecule has 0 spiro atoms. The molecule has 0 bridgehead atoms. The average molecular weight is 432 g/mol. The summed E-state index contributed by atoms with van der Waals surface area (Å²) in [4.78, 5) is 8.57. The van der Waals surface area contributed by atoms with Crippen molar-refractivity contribution in [2.24, 2.45) is 4.99 Å². The van der Waals surface area contributed by atoms with Crippen LogP contribution in [0.15, 0.2) is 72.0 Å². The largest absolute Gasteiger partial charge is 0.494 e. The summed E-state index contributed by atoms with van der Waals surface area (Å²) in [6.07, 6.45) is 3.66. The van der Waals surface area contributed by atoms with E-state index in [0.29, 0.717) is 37.3 Å². The Hall–Kier alpha value is -4.14. The number of nitrogens with zero attached hydrogens (tertiary/aromatic N) is 5. The van der Waals surface area contributed by atoms with Crippen molar-refractivity contribution in [1.82, 2.24) is 30.2 Å². The summed E-state index contributed by atoms with van der Waals surface area (Å²) in [5.41, 5.74) is 1.82.